The maximum absolute atomic E-state index is 9.52. The van der Waals surface area contributed by atoms with Crippen LogP contribution in [0.25, 0.3) is 22.4 Å². The predicted octanol–water partition coefficient (Wildman–Crippen LogP) is 2.68. The molecule has 3 rings (SSSR count). The zero-order valence-corrected chi connectivity index (χ0v) is 15.9. The summed E-state index contributed by atoms with van der Waals surface area (Å²) in [6.07, 6.45) is 2.02. The Bertz CT molecular complexity index is 882. The van der Waals surface area contributed by atoms with Crippen molar-refractivity contribution in [2.75, 3.05) is 13.2 Å². The number of hydrogen-bond donors (Lipinski definition) is 4. The van der Waals surface area contributed by atoms with Gasteiger partial charge in [0.1, 0.15) is 18.1 Å². The largest absolute Gasteiger partial charge is 0.446 e. The van der Waals surface area contributed by atoms with E-state index in [9.17, 15) is 15.3 Å². The SMILES string of the molecule is CC(O)c1nc(-c2ccc(-c3ccc(CCC(N)(CO)CO)cc3)cc2)co1. The van der Waals surface area contributed by atoms with Crippen molar-refractivity contribution in [1.82, 2.24) is 4.98 Å². The van der Waals surface area contributed by atoms with Crippen molar-refractivity contribution in [2.45, 2.75) is 31.4 Å². The molecule has 0 radical (unpaired) electrons. The molecule has 1 atom stereocenters. The van der Waals surface area contributed by atoms with Gasteiger partial charge in [-0.1, -0.05) is 48.5 Å². The van der Waals surface area contributed by atoms with Gasteiger partial charge in [0.15, 0.2) is 0 Å². The fraction of sp³-hybridized carbons (Fsp3) is 0.318. The maximum Gasteiger partial charge on any atom is 0.223 e. The molecule has 0 aliphatic heterocycles. The van der Waals surface area contributed by atoms with Gasteiger partial charge in [-0.3, -0.25) is 0 Å². The standard InChI is InChI=1S/C22H26N2O4/c1-15(27)21-24-20(12-28-21)19-8-6-18(7-9-19)17-4-2-16(3-5-17)10-11-22(23,13-25)14-26/h2-9,12,15,25-27H,10-11,13-14,23H2,1H3. The highest BCUT2D eigenvalue weighted by Gasteiger charge is 2.22. The molecule has 0 saturated heterocycles. The third kappa shape index (κ3) is 4.66. The molecule has 0 aliphatic rings. The molecule has 6 heteroatoms. The molecule has 6 nitrogen and oxygen atoms in total. The van der Waals surface area contributed by atoms with Crippen molar-refractivity contribution in [3.05, 3.63) is 66.2 Å². The highest BCUT2D eigenvalue weighted by atomic mass is 16.4. The third-order valence-electron chi connectivity index (χ3n) is 4.89. The van der Waals surface area contributed by atoms with E-state index in [0.29, 0.717) is 24.4 Å². The highest BCUT2D eigenvalue weighted by molar-refractivity contribution is 5.68. The molecule has 1 aromatic heterocycles. The maximum atomic E-state index is 9.52. The van der Waals surface area contributed by atoms with Crippen LogP contribution in [0, 0.1) is 0 Å². The van der Waals surface area contributed by atoms with Gasteiger partial charge in [0.2, 0.25) is 5.89 Å². The molecule has 0 aliphatic carbocycles. The zero-order valence-electron chi connectivity index (χ0n) is 15.9. The van der Waals surface area contributed by atoms with E-state index < -0.39 is 11.6 Å². The summed E-state index contributed by atoms with van der Waals surface area (Å²) in [6, 6.07) is 16.1. The molecular weight excluding hydrogens is 356 g/mol. The first-order chi connectivity index (χ1) is 13.4. The molecule has 0 saturated carbocycles. The van der Waals surface area contributed by atoms with E-state index in [0.717, 1.165) is 22.3 Å². The number of aryl methyl sites for hydroxylation is 1. The Morgan fingerprint density at radius 1 is 0.964 bits per heavy atom. The quantitative estimate of drug-likeness (QED) is 0.476. The molecule has 0 fully saturated rings. The molecule has 1 unspecified atom stereocenters. The number of oxazole rings is 1. The fourth-order valence-corrected chi connectivity index (χ4v) is 2.91. The van der Waals surface area contributed by atoms with Gasteiger partial charge in [0.25, 0.3) is 0 Å². The molecule has 1 heterocycles. The van der Waals surface area contributed by atoms with Gasteiger partial charge in [-0.2, -0.15) is 0 Å². The van der Waals surface area contributed by atoms with Crippen LogP contribution in [0.3, 0.4) is 0 Å². The minimum absolute atomic E-state index is 0.238. The molecule has 0 spiro atoms. The topological polar surface area (TPSA) is 113 Å². The monoisotopic (exact) mass is 382 g/mol. The summed E-state index contributed by atoms with van der Waals surface area (Å²) < 4.78 is 5.27. The van der Waals surface area contributed by atoms with Crippen LogP contribution >= 0.6 is 0 Å². The molecule has 0 amide bonds. The molecule has 28 heavy (non-hydrogen) atoms. The Morgan fingerprint density at radius 2 is 1.50 bits per heavy atom. The summed E-state index contributed by atoms with van der Waals surface area (Å²) >= 11 is 0. The van der Waals surface area contributed by atoms with Crippen LogP contribution in [0.1, 0.15) is 30.9 Å². The van der Waals surface area contributed by atoms with Crippen molar-refractivity contribution in [1.29, 1.82) is 0 Å². The minimum Gasteiger partial charge on any atom is -0.446 e. The minimum atomic E-state index is -0.941. The van der Waals surface area contributed by atoms with Gasteiger partial charge in [-0.15, -0.1) is 0 Å². The van der Waals surface area contributed by atoms with E-state index in [1.54, 1.807) is 13.2 Å². The lowest BCUT2D eigenvalue weighted by Crippen LogP contribution is -2.47. The molecule has 5 N–H and O–H groups in total. The number of hydrogen-bond acceptors (Lipinski definition) is 6. The summed E-state index contributed by atoms with van der Waals surface area (Å²) in [5.41, 5.74) is 9.85. The van der Waals surface area contributed by atoms with Crippen molar-refractivity contribution >= 4 is 0 Å². The summed E-state index contributed by atoms with van der Waals surface area (Å²) in [4.78, 5) is 4.29. The Balaban J connectivity index is 1.68. The molecule has 3 aromatic rings. The number of benzene rings is 2. The average Bonchev–Trinajstić information content (AvgIpc) is 3.23. The summed E-state index contributed by atoms with van der Waals surface area (Å²) in [5.74, 6) is 0.304. The van der Waals surface area contributed by atoms with Crippen LogP contribution in [-0.4, -0.2) is 39.1 Å². The van der Waals surface area contributed by atoms with Gasteiger partial charge in [-0.05, 0) is 36.5 Å². The Morgan fingerprint density at radius 3 is 2.00 bits per heavy atom. The van der Waals surface area contributed by atoms with Crippen LogP contribution in [0.4, 0.5) is 0 Å². The second-order valence-electron chi connectivity index (χ2n) is 7.20. The van der Waals surface area contributed by atoms with Gasteiger partial charge in [0.05, 0.1) is 18.8 Å². The summed E-state index contributed by atoms with van der Waals surface area (Å²) in [6.45, 7) is 1.14. The van der Waals surface area contributed by atoms with Gasteiger partial charge in [0, 0.05) is 5.56 Å². The number of rotatable bonds is 8. The van der Waals surface area contributed by atoms with E-state index in [1.807, 2.05) is 48.5 Å². The van der Waals surface area contributed by atoms with Crippen molar-refractivity contribution in [2.24, 2.45) is 5.73 Å². The second kappa shape index (κ2) is 8.67. The normalized spacial score (nSPS) is 12.9. The Labute approximate surface area is 164 Å². The number of aliphatic hydroxyl groups is 3. The van der Waals surface area contributed by atoms with Crippen LogP contribution in [0.5, 0.6) is 0 Å². The van der Waals surface area contributed by atoms with Crippen LogP contribution in [0.2, 0.25) is 0 Å². The van der Waals surface area contributed by atoms with E-state index in [2.05, 4.69) is 4.98 Å². The summed E-state index contributed by atoms with van der Waals surface area (Å²) in [7, 11) is 0. The number of aromatic nitrogens is 1. The lowest BCUT2D eigenvalue weighted by atomic mass is 9.93. The van der Waals surface area contributed by atoms with E-state index in [-0.39, 0.29) is 13.2 Å². The first-order valence-electron chi connectivity index (χ1n) is 9.28. The number of aliphatic hydroxyl groups excluding tert-OH is 3. The zero-order chi connectivity index (χ0) is 20.1. The van der Waals surface area contributed by atoms with Crippen molar-refractivity contribution in [3.63, 3.8) is 0 Å². The van der Waals surface area contributed by atoms with E-state index in [1.165, 1.54) is 0 Å². The number of nitrogens with zero attached hydrogens (tertiary/aromatic N) is 1. The van der Waals surface area contributed by atoms with E-state index >= 15 is 0 Å². The first-order valence-corrected chi connectivity index (χ1v) is 9.28. The van der Waals surface area contributed by atoms with Gasteiger partial charge in [-0.25, -0.2) is 4.98 Å². The average molecular weight is 382 g/mol. The highest BCUT2D eigenvalue weighted by Crippen LogP contribution is 2.26. The predicted molar refractivity (Wildman–Crippen MR) is 107 cm³/mol. The first kappa shape index (κ1) is 20.2. The molecular formula is C22H26N2O4. The molecule has 148 valence electrons. The molecule has 0 bridgehead atoms. The number of nitrogens with two attached hydrogens (primary N) is 1. The molecule has 2 aromatic carbocycles. The van der Waals surface area contributed by atoms with Crippen LogP contribution < -0.4 is 5.73 Å². The van der Waals surface area contributed by atoms with E-state index in [4.69, 9.17) is 10.2 Å². The second-order valence-corrected chi connectivity index (χ2v) is 7.20. The fourth-order valence-electron chi connectivity index (χ4n) is 2.91. The smallest absolute Gasteiger partial charge is 0.223 e. The Hall–Kier alpha value is -2.51. The third-order valence-corrected chi connectivity index (χ3v) is 4.89. The van der Waals surface area contributed by atoms with Gasteiger partial charge < -0.3 is 25.5 Å². The van der Waals surface area contributed by atoms with Crippen LogP contribution in [-0.2, 0) is 6.42 Å². The lowest BCUT2D eigenvalue weighted by Gasteiger charge is -2.24. The van der Waals surface area contributed by atoms with Crippen molar-refractivity contribution in [3.8, 4) is 22.4 Å². The lowest BCUT2D eigenvalue weighted by molar-refractivity contribution is 0.115. The summed E-state index contributed by atoms with van der Waals surface area (Å²) in [5, 5.41) is 28.1. The van der Waals surface area contributed by atoms with Gasteiger partial charge >= 0.3 is 0 Å². The van der Waals surface area contributed by atoms with Crippen molar-refractivity contribution < 1.29 is 19.7 Å². The van der Waals surface area contributed by atoms with Crippen LogP contribution in [0.15, 0.2) is 59.2 Å². The Kier molecular flexibility index (Phi) is 6.26.